The second kappa shape index (κ2) is 9.29. The van der Waals surface area contributed by atoms with Gasteiger partial charge in [0.2, 0.25) is 5.75 Å². The van der Waals surface area contributed by atoms with Crippen LogP contribution in [0.5, 0.6) is 5.75 Å². The van der Waals surface area contributed by atoms with Crippen molar-refractivity contribution in [2.75, 3.05) is 4.90 Å². The van der Waals surface area contributed by atoms with E-state index in [0.29, 0.717) is 16.9 Å². The number of nitro groups is 1. The summed E-state index contributed by atoms with van der Waals surface area (Å²) in [5.74, 6) is -1.12. The lowest BCUT2D eigenvalue weighted by atomic mass is 10.1. The van der Waals surface area contributed by atoms with Crippen LogP contribution in [0.15, 0.2) is 84.9 Å². The van der Waals surface area contributed by atoms with Gasteiger partial charge in [0, 0.05) is 30.4 Å². The van der Waals surface area contributed by atoms with Crippen molar-refractivity contribution in [3.8, 4) is 5.75 Å². The lowest BCUT2D eigenvalue weighted by Gasteiger charge is -2.21. The average Bonchev–Trinajstić information content (AvgIpc) is 2.74. The standard InChI is InChI=1S/C23H18N2O5/c1-17(26)30-22-14-12-18(16-21(22)25(28)29)13-15-23(27)24(19-8-4-2-5-9-19)20-10-6-3-7-11-20/h2-16H,1H3. The van der Waals surface area contributed by atoms with Crippen molar-refractivity contribution in [3.05, 3.63) is 101 Å². The van der Waals surface area contributed by atoms with Crippen LogP contribution >= 0.6 is 0 Å². The minimum absolute atomic E-state index is 0.147. The van der Waals surface area contributed by atoms with Crippen molar-refractivity contribution in [1.29, 1.82) is 0 Å². The van der Waals surface area contributed by atoms with Crippen LogP contribution in [0.25, 0.3) is 6.08 Å². The van der Waals surface area contributed by atoms with Gasteiger partial charge in [0.05, 0.1) is 4.92 Å². The van der Waals surface area contributed by atoms with Gasteiger partial charge in [0.15, 0.2) is 0 Å². The fourth-order valence-electron chi connectivity index (χ4n) is 2.82. The first-order valence-corrected chi connectivity index (χ1v) is 9.05. The number of ether oxygens (including phenoxy) is 1. The van der Waals surface area contributed by atoms with Gasteiger partial charge in [-0.3, -0.25) is 24.6 Å². The van der Waals surface area contributed by atoms with Crippen molar-refractivity contribution in [2.24, 2.45) is 0 Å². The Morgan fingerprint density at radius 3 is 2.00 bits per heavy atom. The van der Waals surface area contributed by atoms with Gasteiger partial charge in [-0.1, -0.05) is 42.5 Å². The Labute approximate surface area is 173 Å². The number of hydrogen-bond acceptors (Lipinski definition) is 5. The minimum Gasteiger partial charge on any atom is -0.419 e. The lowest BCUT2D eigenvalue weighted by molar-refractivity contribution is -0.385. The van der Waals surface area contributed by atoms with E-state index < -0.39 is 10.9 Å². The molecule has 7 heteroatoms. The first kappa shape index (κ1) is 20.5. The van der Waals surface area contributed by atoms with E-state index in [1.54, 1.807) is 0 Å². The third-order valence-electron chi connectivity index (χ3n) is 4.10. The molecule has 3 aromatic carbocycles. The molecule has 3 aromatic rings. The van der Waals surface area contributed by atoms with Gasteiger partial charge in [0.25, 0.3) is 5.91 Å². The monoisotopic (exact) mass is 402 g/mol. The topological polar surface area (TPSA) is 89.8 Å². The maximum atomic E-state index is 13.0. The molecule has 0 aliphatic carbocycles. The van der Waals surface area contributed by atoms with Gasteiger partial charge in [0.1, 0.15) is 0 Å². The Balaban J connectivity index is 1.91. The number of anilines is 2. The Hall–Kier alpha value is -4.26. The number of hydrogen-bond donors (Lipinski definition) is 0. The molecule has 1 amide bonds. The Bertz CT molecular complexity index is 1060. The van der Waals surface area contributed by atoms with E-state index in [2.05, 4.69) is 0 Å². The highest BCUT2D eigenvalue weighted by Gasteiger charge is 2.18. The number of amides is 1. The molecule has 0 unspecified atom stereocenters. The number of nitrogens with zero attached hydrogens (tertiary/aromatic N) is 2. The molecule has 7 nitrogen and oxygen atoms in total. The van der Waals surface area contributed by atoms with E-state index in [0.717, 1.165) is 6.92 Å². The molecular weight excluding hydrogens is 384 g/mol. The van der Waals surface area contributed by atoms with Crippen LogP contribution in [0.3, 0.4) is 0 Å². The van der Waals surface area contributed by atoms with Crippen LogP contribution in [-0.4, -0.2) is 16.8 Å². The van der Waals surface area contributed by atoms with Gasteiger partial charge < -0.3 is 4.74 Å². The van der Waals surface area contributed by atoms with Crippen LogP contribution in [-0.2, 0) is 9.59 Å². The van der Waals surface area contributed by atoms with E-state index in [1.165, 1.54) is 35.3 Å². The van der Waals surface area contributed by atoms with Crippen LogP contribution in [0.2, 0.25) is 0 Å². The van der Waals surface area contributed by atoms with Crippen LogP contribution in [0.4, 0.5) is 17.1 Å². The van der Waals surface area contributed by atoms with Gasteiger partial charge in [-0.05, 0) is 42.0 Å². The third-order valence-corrected chi connectivity index (χ3v) is 4.10. The highest BCUT2D eigenvalue weighted by atomic mass is 16.6. The zero-order chi connectivity index (χ0) is 21.5. The summed E-state index contributed by atoms with van der Waals surface area (Å²) in [6.45, 7) is 1.16. The van der Waals surface area contributed by atoms with Gasteiger partial charge in [-0.25, -0.2) is 0 Å². The molecule has 30 heavy (non-hydrogen) atoms. The predicted octanol–water partition coefficient (Wildman–Crippen LogP) is 4.90. The van der Waals surface area contributed by atoms with Crippen molar-refractivity contribution in [1.82, 2.24) is 0 Å². The normalized spacial score (nSPS) is 10.6. The molecule has 0 radical (unpaired) electrons. The van der Waals surface area contributed by atoms with Gasteiger partial charge in [-0.15, -0.1) is 0 Å². The molecule has 150 valence electrons. The van der Waals surface area contributed by atoms with Gasteiger partial charge >= 0.3 is 11.7 Å². The highest BCUT2D eigenvalue weighted by Crippen LogP contribution is 2.29. The molecule has 0 saturated carbocycles. The van der Waals surface area contributed by atoms with Gasteiger partial charge in [-0.2, -0.15) is 0 Å². The lowest BCUT2D eigenvalue weighted by Crippen LogP contribution is -2.23. The summed E-state index contributed by atoms with van der Waals surface area (Å²) in [6.07, 6.45) is 2.82. The van der Waals surface area contributed by atoms with Crippen molar-refractivity contribution in [2.45, 2.75) is 6.92 Å². The first-order valence-electron chi connectivity index (χ1n) is 9.05. The molecule has 0 aromatic heterocycles. The first-order chi connectivity index (χ1) is 14.5. The quantitative estimate of drug-likeness (QED) is 0.192. The van der Waals surface area contributed by atoms with E-state index in [9.17, 15) is 19.7 Å². The zero-order valence-corrected chi connectivity index (χ0v) is 16.1. The fraction of sp³-hybridized carbons (Fsp3) is 0.0435. The SMILES string of the molecule is CC(=O)Oc1ccc(C=CC(=O)N(c2ccccc2)c2ccccc2)cc1[N+](=O)[O-]. The Morgan fingerprint density at radius 1 is 0.933 bits per heavy atom. The molecule has 0 fully saturated rings. The second-order valence-electron chi connectivity index (χ2n) is 6.26. The summed E-state index contributed by atoms with van der Waals surface area (Å²) in [4.78, 5) is 36.3. The average molecular weight is 402 g/mol. The number of carbonyl (C=O) groups is 2. The number of para-hydroxylation sites is 2. The molecule has 0 saturated heterocycles. The van der Waals surface area contributed by atoms with E-state index in [-0.39, 0.29) is 17.3 Å². The molecule has 0 spiro atoms. The van der Waals surface area contributed by atoms with E-state index >= 15 is 0 Å². The summed E-state index contributed by atoms with van der Waals surface area (Å²) in [7, 11) is 0. The molecule has 0 heterocycles. The number of benzene rings is 3. The Morgan fingerprint density at radius 2 is 1.50 bits per heavy atom. The molecular formula is C23H18N2O5. The highest BCUT2D eigenvalue weighted by molar-refractivity contribution is 6.08. The van der Waals surface area contributed by atoms with Crippen molar-refractivity contribution >= 4 is 35.0 Å². The number of nitro benzene ring substituents is 1. The summed E-state index contributed by atoms with van der Waals surface area (Å²) in [5.41, 5.74) is 1.44. The summed E-state index contributed by atoms with van der Waals surface area (Å²) >= 11 is 0. The minimum atomic E-state index is -0.655. The molecule has 0 N–H and O–H groups in total. The fourth-order valence-corrected chi connectivity index (χ4v) is 2.82. The zero-order valence-electron chi connectivity index (χ0n) is 16.1. The largest absolute Gasteiger partial charge is 0.419 e. The van der Waals surface area contributed by atoms with Crippen LogP contribution in [0.1, 0.15) is 12.5 Å². The van der Waals surface area contributed by atoms with Crippen LogP contribution in [0, 0.1) is 10.1 Å². The van der Waals surface area contributed by atoms with Crippen molar-refractivity contribution in [3.63, 3.8) is 0 Å². The number of carbonyl (C=O) groups excluding carboxylic acids is 2. The van der Waals surface area contributed by atoms with E-state index in [4.69, 9.17) is 4.74 Å². The van der Waals surface area contributed by atoms with E-state index in [1.807, 2.05) is 60.7 Å². The number of rotatable bonds is 6. The molecule has 0 bridgehead atoms. The maximum absolute atomic E-state index is 13.0. The predicted molar refractivity (Wildman–Crippen MR) is 113 cm³/mol. The third kappa shape index (κ3) is 4.96. The summed E-state index contributed by atoms with van der Waals surface area (Å²) < 4.78 is 4.86. The molecule has 0 atom stereocenters. The smallest absolute Gasteiger partial charge is 0.312 e. The summed E-state index contributed by atoms with van der Waals surface area (Å²) in [6, 6.07) is 22.4. The van der Waals surface area contributed by atoms with Crippen molar-refractivity contribution < 1.29 is 19.2 Å². The number of esters is 1. The van der Waals surface area contributed by atoms with Crippen LogP contribution < -0.4 is 9.64 Å². The maximum Gasteiger partial charge on any atom is 0.312 e. The molecule has 0 aliphatic heterocycles. The Kier molecular flexibility index (Phi) is 6.34. The summed E-state index contributed by atoms with van der Waals surface area (Å²) in [5, 5.41) is 11.3. The molecule has 3 rings (SSSR count). The second-order valence-corrected chi connectivity index (χ2v) is 6.26. The molecule has 0 aliphatic rings.